The number of benzene rings is 1. The van der Waals surface area contributed by atoms with Gasteiger partial charge in [0.05, 0.1) is 18.2 Å². The molecule has 1 aromatic carbocycles. The number of hydrogen-bond acceptors (Lipinski definition) is 3. The molecule has 5 nitrogen and oxygen atoms in total. The molecule has 0 N–H and O–H groups in total. The molecular formula is C18H20N2O3. The van der Waals surface area contributed by atoms with Gasteiger partial charge in [-0.25, -0.2) is 4.79 Å². The Morgan fingerprint density at radius 3 is 2.57 bits per heavy atom. The Kier molecular flexibility index (Phi) is 3.27. The minimum absolute atomic E-state index is 0.000746. The van der Waals surface area contributed by atoms with E-state index in [4.69, 9.17) is 4.74 Å². The molecule has 2 fully saturated rings. The van der Waals surface area contributed by atoms with Crippen LogP contribution in [0.1, 0.15) is 24.9 Å². The molecular weight excluding hydrogens is 292 g/mol. The first-order chi connectivity index (χ1) is 11.1. The number of rotatable bonds is 2. The fourth-order valence-electron chi connectivity index (χ4n) is 3.94. The average Bonchev–Trinajstić information content (AvgIpc) is 3.04. The number of ether oxygens (including phenoxy) is 1. The van der Waals surface area contributed by atoms with Crippen LogP contribution in [0, 0.1) is 0 Å². The van der Waals surface area contributed by atoms with Crippen LogP contribution < -0.4 is 0 Å². The van der Waals surface area contributed by atoms with Gasteiger partial charge in [0, 0.05) is 13.5 Å². The lowest BCUT2D eigenvalue weighted by atomic mass is 9.94. The van der Waals surface area contributed by atoms with Crippen LogP contribution in [-0.2, 0) is 9.53 Å². The van der Waals surface area contributed by atoms with Crippen LogP contribution in [0.2, 0.25) is 0 Å². The van der Waals surface area contributed by atoms with Crippen LogP contribution in [-0.4, -0.2) is 53.0 Å². The van der Waals surface area contributed by atoms with Gasteiger partial charge >= 0.3 is 6.03 Å². The van der Waals surface area contributed by atoms with E-state index >= 15 is 0 Å². The molecule has 0 aromatic heterocycles. The number of carbonyl (C=O) groups excluding carboxylic acids is 2. The summed E-state index contributed by atoms with van der Waals surface area (Å²) in [5.74, 6) is 0.0908. The van der Waals surface area contributed by atoms with Crippen molar-refractivity contribution in [2.45, 2.75) is 43.7 Å². The average molecular weight is 312 g/mol. The Bertz CT molecular complexity index is 672. The standard InChI is InChI=1S/C18H20N2O3/c1-11-16(12-6-4-3-5-7-12)20(18(22)19(11)2)17-14(21)10-13-8-9-15(17)23-13/h3-9,11,13,15-17H,10H2,1-2H3. The largest absolute Gasteiger partial charge is 0.364 e. The van der Waals surface area contributed by atoms with E-state index in [0.717, 1.165) is 5.56 Å². The highest BCUT2D eigenvalue weighted by atomic mass is 16.5. The zero-order valence-corrected chi connectivity index (χ0v) is 13.3. The van der Waals surface area contributed by atoms with Crippen molar-refractivity contribution in [2.24, 2.45) is 0 Å². The van der Waals surface area contributed by atoms with E-state index < -0.39 is 6.04 Å². The van der Waals surface area contributed by atoms with Gasteiger partial charge in [-0.3, -0.25) is 4.79 Å². The summed E-state index contributed by atoms with van der Waals surface area (Å²) in [6, 6.07) is 9.14. The van der Waals surface area contributed by atoms with E-state index in [0.29, 0.717) is 6.42 Å². The quantitative estimate of drug-likeness (QED) is 0.786. The highest BCUT2D eigenvalue weighted by Crippen LogP contribution is 2.40. The van der Waals surface area contributed by atoms with Gasteiger partial charge in [0.2, 0.25) is 0 Å². The van der Waals surface area contributed by atoms with Gasteiger partial charge in [-0.1, -0.05) is 42.5 Å². The van der Waals surface area contributed by atoms with Crippen molar-refractivity contribution in [3.05, 3.63) is 48.0 Å². The van der Waals surface area contributed by atoms with Gasteiger partial charge in [-0.15, -0.1) is 0 Å². The number of fused-ring (bicyclic) bond motifs is 2. The lowest BCUT2D eigenvalue weighted by Crippen LogP contribution is -2.54. The number of Topliss-reactive ketones (excluding diaryl/α,β-unsaturated/α-hetero) is 1. The lowest BCUT2D eigenvalue weighted by molar-refractivity contribution is -0.138. The molecule has 3 aliphatic rings. The number of likely N-dealkylation sites (N-methyl/N-ethyl adjacent to an activating group) is 1. The lowest BCUT2D eigenvalue weighted by Gasteiger charge is -2.38. The molecule has 2 saturated heterocycles. The van der Waals surface area contributed by atoms with E-state index in [9.17, 15) is 9.59 Å². The van der Waals surface area contributed by atoms with Gasteiger partial charge in [0.25, 0.3) is 0 Å². The van der Waals surface area contributed by atoms with Crippen molar-refractivity contribution in [3.63, 3.8) is 0 Å². The maximum Gasteiger partial charge on any atom is 0.321 e. The molecule has 0 aliphatic carbocycles. The monoisotopic (exact) mass is 312 g/mol. The number of amides is 2. The summed E-state index contributed by atoms with van der Waals surface area (Å²) < 4.78 is 5.85. The zero-order valence-electron chi connectivity index (χ0n) is 13.3. The minimum Gasteiger partial charge on any atom is -0.364 e. The second-order valence-electron chi connectivity index (χ2n) is 6.54. The molecule has 3 heterocycles. The summed E-state index contributed by atoms with van der Waals surface area (Å²) in [5.41, 5.74) is 1.05. The molecule has 0 radical (unpaired) electrons. The van der Waals surface area contributed by atoms with Crippen LogP contribution >= 0.6 is 0 Å². The third kappa shape index (κ3) is 2.10. The van der Waals surface area contributed by atoms with Crippen molar-refractivity contribution in [2.75, 3.05) is 7.05 Å². The van der Waals surface area contributed by atoms with Crippen molar-refractivity contribution in [1.29, 1.82) is 0 Å². The van der Waals surface area contributed by atoms with E-state index in [2.05, 4.69) is 0 Å². The second kappa shape index (κ2) is 5.20. The first-order valence-electron chi connectivity index (χ1n) is 8.04. The molecule has 0 spiro atoms. The molecule has 0 saturated carbocycles. The highest BCUT2D eigenvalue weighted by Gasteiger charge is 2.52. The number of ketones is 1. The Balaban J connectivity index is 1.76. The van der Waals surface area contributed by atoms with Crippen LogP contribution in [0.3, 0.4) is 0 Å². The number of nitrogens with zero attached hydrogens (tertiary/aromatic N) is 2. The van der Waals surface area contributed by atoms with E-state index in [1.165, 1.54) is 0 Å². The maximum absolute atomic E-state index is 12.8. The predicted molar refractivity (Wildman–Crippen MR) is 84.9 cm³/mol. The maximum atomic E-state index is 12.8. The van der Waals surface area contributed by atoms with Gasteiger partial charge in [-0.05, 0) is 12.5 Å². The molecule has 5 atom stereocenters. The predicted octanol–water partition coefficient (Wildman–Crippen LogP) is 2.15. The smallest absolute Gasteiger partial charge is 0.321 e. The minimum atomic E-state index is -0.532. The van der Waals surface area contributed by atoms with Crippen LogP contribution in [0.15, 0.2) is 42.5 Å². The first kappa shape index (κ1) is 14.5. The van der Waals surface area contributed by atoms with Gasteiger partial charge in [0.1, 0.15) is 12.1 Å². The fourth-order valence-corrected chi connectivity index (χ4v) is 3.94. The summed E-state index contributed by atoms with van der Waals surface area (Å²) in [4.78, 5) is 28.9. The summed E-state index contributed by atoms with van der Waals surface area (Å²) >= 11 is 0. The van der Waals surface area contributed by atoms with E-state index in [1.54, 1.807) is 16.8 Å². The molecule has 2 amide bonds. The Labute approximate surface area is 135 Å². The molecule has 120 valence electrons. The molecule has 5 unspecified atom stereocenters. The van der Waals surface area contributed by atoms with Crippen molar-refractivity contribution < 1.29 is 14.3 Å². The van der Waals surface area contributed by atoms with E-state index in [1.807, 2.05) is 49.4 Å². The Hall–Kier alpha value is -2.14. The fraction of sp³-hybridized carbons (Fsp3) is 0.444. The molecule has 5 heteroatoms. The van der Waals surface area contributed by atoms with Gasteiger partial charge in [0.15, 0.2) is 5.78 Å². The number of carbonyl (C=O) groups is 2. The first-order valence-corrected chi connectivity index (χ1v) is 8.04. The van der Waals surface area contributed by atoms with Crippen molar-refractivity contribution >= 4 is 11.8 Å². The molecule has 2 bridgehead atoms. The zero-order chi connectivity index (χ0) is 16.1. The summed E-state index contributed by atoms with van der Waals surface area (Å²) in [6.45, 7) is 2.02. The summed E-state index contributed by atoms with van der Waals surface area (Å²) in [5, 5.41) is 0. The third-order valence-electron chi connectivity index (χ3n) is 5.22. The number of hydrogen-bond donors (Lipinski definition) is 0. The van der Waals surface area contributed by atoms with Gasteiger partial charge in [-0.2, -0.15) is 0 Å². The molecule has 1 aromatic rings. The second-order valence-corrected chi connectivity index (χ2v) is 6.54. The van der Waals surface area contributed by atoms with Crippen LogP contribution in [0.4, 0.5) is 4.79 Å². The molecule has 3 aliphatic heterocycles. The SMILES string of the molecule is CC1C(c2ccccc2)N(C2C(=O)CC3C=CC2O3)C(=O)N1C. The normalized spacial score (nSPS) is 36.2. The van der Waals surface area contributed by atoms with Crippen LogP contribution in [0.5, 0.6) is 0 Å². The third-order valence-corrected chi connectivity index (χ3v) is 5.22. The summed E-state index contributed by atoms with van der Waals surface area (Å²) in [7, 11) is 1.80. The van der Waals surface area contributed by atoms with E-state index in [-0.39, 0.29) is 36.1 Å². The molecule has 4 rings (SSSR count). The van der Waals surface area contributed by atoms with Crippen molar-refractivity contribution in [3.8, 4) is 0 Å². The van der Waals surface area contributed by atoms with Crippen molar-refractivity contribution in [1.82, 2.24) is 9.80 Å². The highest BCUT2D eigenvalue weighted by molar-refractivity contribution is 5.92. The topological polar surface area (TPSA) is 49.9 Å². The Morgan fingerprint density at radius 1 is 1.09 bits per heavy atom. The summed E-state index contributed by atoms with van der Waals surface area (Å²) in [6.07, 6.45) is 3.77. The van der Waals surface area contributed by atoms with Gasteiger partial charge < -0.3 is 14.5 Å². The number of urea groups is 1. The molecule has 23 heavy (non-hydrogen) atoms. The Morgan fingerprint density at radius 2 is 1.83 bits per heavy atom. The van der Waals surface area contributed by atoms with Crippen LogP contribution in [0.25, 0.3) is 0 Å².